The van der Waals surface area contributed by atoms with Crippen LogP contribution in [0.5, 0.6) is 0 Å². The Morgan fingerprint density at radius 1 is 0.923 bits per heavy atom. The molecule has 1 fully saturated rings. The van der Waals surface area contributed by atoms with Gasteiger partial charge >= 0.3 is 0 Å². The number of hydrogen-bond donors (Lipinski definition) is 0. The zero-order valence-corrected chi connectivity index (χ0v) is 15.3. The second kappa shape index (κ2) is 6.25. The van der Waals surface area contributed by atoms with E-state index in [0.29, 0.717) is 6.04 Å². The van der Waals surface area contributed by atoms with Crippen molar-refractivity contribution in [3.8, 4) is 11.3 Å². The number of imidazole rings is 1. The first-order valence-corrected chi connectivity index (χ1v) is 9.65. The first-order chi connectivity index (χ1) is 12.8. The number of fused-ring (bicyclic) bond motifs is 1. The Morgan fingerprint density at radius 3 is 2.42 bits per heavy atom. The number of aryl methyl sites for hydroxylation is 1. The van der Waals surface area contributed by atoms with Gasteiger partial charge in [0.1, 0.15) is 5.03 Å². The van der Waals surface area contributed by atoms with Gasteiger partial charge in [-0.2, -0.15) is 5.10 Å². The third kappa shape index (κ3) is 2.69. The van der Waals surface area contributed by atoms with E-state index >= 15 is 0 Å². The van der Waals surface area contributed by atoms with Crippen LogP contribution in [0.3, 0.4) is 0 Å². The van der Waals surface area contributed by atoms with Gasteiger partial charge in [0, 0.05) is 16.8 Å². The van der Waals surface area contributed by atoms with Crippen LogP contribution in [0, 0.1) is 6.92 Å². The summed E-state index contributed by atoms with van der Waals surface area (Å²) in [6.45, 7) is 2.00. The molecule has 1 aliphatic carbocycles. The third-order valence-corrected chi connectivity index (χ3v) is 5.75. The molecule has 128 valence electrons. The van der Waals surface area contributed by atoms with Crippen LogP contribution in [0.4, 0.5) is 0 Å². The molecule has 0 aliphatic heterocycles. The van der Waals surface area contributed by atoms with E-state index in [-0.39, 0.29) is 0 Å². The first-order valence-electron chi connectivity index (χ1n) is 8.84. The quantitative estimate of drug-likeness (QED) is 0.497. The van der Waals surface area contributed by atoms with Crippen LogP contribution in [0.15, 0.2) is 71.0 Å². The topological polar surface area (TPSA) is 43.6 Å². The van der Waals surface area contributed by atoms with Crippen molar-refractivity contribution in [3.63, 3.8) is 0 Å². The molecule has 5 heteroatoms. The van der Waals surface area contributed by atoms with Gasteiger partial charge in [0.2, 0.25) is 0 Å². The Labute approximate surface area is 156 Å². The molecule has 0 atom stereocenters. The van der Waals surface area contributed by atoms with Crippen molar-refractivity contribution in [2.24, 2.45) is 0 Å². The molecule has 0 bridgehead atoms. The smallest absolute Gasteiger partial charge is 0.175 e. The summed E-state index contributed by atoms with van der Waals surface area (Å²) in [6.07, 6.45) is 4.41. The van der Waals surface area contributed by atoms with Crippen molar-refractivity contribution in [1.82, 2.24) is 19.7 Å². The lowest BCUT2D eigenvalue weighted by Gasteiger charge is -2.11. The van der Waals surface area contributed by atoms with Crippen LogP contribution in [-0.2, 0) is 0 Å². The van der Waals surface area contributed by atoms with Gasteiger partial charge in [-0.05, 0) is 37.1 Å². The lowest BCUT2D eigenvalue weighted by molar-refractivity contribution is 0.668. The van der Waals surface area contributed by atoms with E-state index in [1.165, 1.54) is 24.1 Å². The van der Waals surface area contributed by atoms with Crippen LogP contribution in [-0.4, -0.2) is 19.7 Å². The van der Waals surface area contributed by atoms with Gasteiger partial charge in [-0.15, -0.1) is 5.10 Å². The number of hydrogen-bond acceptors (Lipinski definition) is 4. The molecule has 0 radical (unpaired) electrons. The lowest BCUT2D eigenvalue weighted by Crippen LogP contribution is -2.00. The second-order valence-electron chi connectivity index (χ2n) is 6.63. The van der Waals surface area contributed by atoms with Crippen molar-refractivity contribution in [2.45, 2.75) is 36.0 Å². The van der Waals surface area contributed by atoms with E-state index in [9.17, 15) is 0 Å². The minimum Gasteiger partial charge on any atom is -0.316 e. The highest BCUT2D eigenvalue weighted by Gasteiger charge is 2.29. The molecular weight excluding hydrogens is 340 g/mol. The maximum absolute atomic E-state index is 4.74. The van der Waals surface area contributed by atoms with Gasteiger partial charge < -0.3 is 4.57 Å². The fraction of sp³-hybridized carbons (Fsp3) is 0.190. The van der Waals surface area contributed by atoms with Crippen molar-refractivity contribution in [2.75, 3.05) is 0 Å². The molecule has 2 aromatic carbocycles. The highest BCUT2D eigenvalue weighted by Crippen LogP contribution is 2.43. The van der Waals surface area contributed by atoms with Crippen molar-refractivity contribution in [1.29, 1.82) is 0 Å². The van der Waals surface area contributed by atoms with E-state index in [4.69, 9.17) is 4.98 Å². The summed E-state index contributed by atoms with van der Waals surface area (Å²) in [5.74, 6) is 0. The summed E-state index contributed by atoms with van der Waals surface area (Å²) < 4.78 is 2.37. The van der Waals surface area contributed by atoms with E-state index in [1.807, 2.05) is 25.3 Å². The molecular formula is C21H18N4S. The minimum absolute atomic E-state index is 0.542. The Bertz CT molecular complexity index is 1080. The monoisotopic (exact) mass is 358 g/mol. The van der Waals surface area contributed by atoms with E-state index < -0.39 is 0 Å². The summed E-state index contributed by atoms with van der Waals surface area (Å²) in [5.41, 5.74) is 3.35. The normalized spacial score (nSPS) is 14.0. The minimum atomic E-state index is 0.542. The molecule has 1 aliphatic rings. The van der Waals surface area contributed by atoms with Crippen LogP contribution >= 0.6 is 11.8 Å². The molecule has 0 spiro atoms. The van der Waals surface area contributed by atoms with Crippen LogP contribution in [0.2, 0.25) is 0 Å². The maximum Gasteiger partial charge on any atom is 0.175 e. The predicted molar refractivity (Wildman–Crippen MR) is 104 cm³/mol. The number of aromatic nitrogens is 4. The molecule has 5 rings (SSSR count). The SMILES string of the molecule is Cc1nnc(Sc2ncc(-c3ccccc3)n2C2CC2)c2ccccc12. The number of benzene rings is 2. The molecule has 4 nitrogen and oxygen atoms in total. The molecule has 1 saturated carbocycles. The predicted octanol–water partition coefficient (Wildman–Crippen LogP) is 5.29. The molecule has 2 heterocycles. The maximum atomic E-state index is 4.74. The molecule has 0 amide bonds. The van der Waals surface area contributed by atoms with Gasteiger partial charge in [-0.1, -0.05) is 54.6 Å². The zero-order chi connectivity index (χ0) is 17.5. The third-order valence-electron chi connectivity index (χ3n) is 4.77. The number of nitrogens with zero attached hydrogens (tertiary/aromatic N) is 4. The lowest BCUT2D eigenvalue weighted by atomic mass is 10.1. The summed E-state index contributed by atoms with van der Waals surface area (Å²) in [7, 11) is 0. The Hall–Kier alpha value is -2.66. The van der Waals surface area contributed by atoms with E-state index in [0.717, 1.165) is 26.6 Å². The van der Waals surface area contributed by atoms with E-state index in [1.54, 1.807) is 11.8 Å². The highest BCUT2D eigenvalue weighted by atomic mass is 32.2. The van der Waals surface area contributed by atoms with E-state index in [2.05, 4.69) is 57.2 Å². The summed E-state index contributed by atoms with van der Waals surface area (Å²) in [6, 6.07) is 19.3. The van der Waals surface area contributed by atoms with Gasteiger partial charge in [0.05, 0.1) is 17.6 Å². The largest absolute Gasteiger partial charge is 0.316 e. The standard InChI is InChI=1S/C21H18N4S/c1-14-17-9-5-6-10-18(17)20(24-23-14)26-21-22-13-19(25(21)16-11-12-16)15-7-3-2-4-8-15/h2-10,13,16H,11-12H2,1H3. The van der Waals surface area contributed by atoms with Crippen LogP contribution < -0.4 is 0 Å². The molecule has 0 N–H and O–H groups in total. The molecule has 0 unspecified atom stereocenters. The highest BCUT2D eigenvalue weighted by molar-refractivity contribution is 7.99. The van der Waals surface area contributed by atoms with Crippen molar-refractivity contribution >= 4 is 22.5 Å². The Kier molecular flexibility index (Phi) is 3.75. The zero-order valence-electron chi connectivity index (χ0n) is 14.5. The van der Waals surface area contributed by atoms with Crippen LogP contribution in [0.1, 0.15) is 24.6 Å². The molecule has 2 aromatic heterocycles. The fourth-order valence-corrected chi connectivity index (χ4v) is 4.30. The second-order valence-corrected chi connectivity index (χ2v) is 7.59. The summed E-state index contributed by atoms with van der Waals surface area (Å²) in [5, 5.41) is 13.0. The van der Waals surface area contributed by atoms with Gasteiger partial charge in [-0.25, -0.2) is 4.98 Å². The fourth-order valence-electron chi connectivity index (χ4n) is 3.30. The van der Waals surface area contributed by atoms with Crippen molar-refractivity contribution in [3.05, 3.63) is 66.5 Å². The summed E-state index contributed by atoms with van der Waals surface area (Å²) >= 11 is 1.61. The molecule has 26 heavy (non-hydrogen) atoms. The first kappa shape index (κ1) is 15.6. The Balaban J connectivity index is 1.60. The average Bonchev–Trinajstić information content (AvgIpc) is 3.45. The van der Waals surface area contributed by atoms with Gasteiger partial charge in [-0.3, -0.25) is 0 Å². The van der Waals surface area contributed by atoms with Gasteiger partial charge in [0.25, 0.3) is 0 Å². The summed E-state index contributed by atoms with van der Waals surface area (Å²) in [4.78, 5) is 4.74. The van der Waals surface area contributed by atoms with Gasteiger partial charge in [0.15, 0.2) is 5.16 Å². The Morgan fingerprint density at radius 2 is 1.65 bits per heavy atom. The molecule has 0 saturated heterocycles. The van der Waals surface area contributed by atoms with Crippen LogP contribution in [0.25, 0.3) is 22.0 Å². The number of rotatable bonds is 4. The average molecular weight is 358 g/mol. The van der Waals surface area contributed by atoms with Crippen molar-refractivity contribution < 1.29 is 0 Å². The molecule has 4 aromatic rings.